The van der Waals surface area contributed by atoms with E-state index >= 15 is 0 Å². The molecule has 126 valence electrons. The fourth-order valence-corrected chi connectivity index (χ4v) is 3.04. The van der Waals surface area contributed by atoms with Gasteiger partial charge in [-0.1, -0.05) is 25.0 Å². The number of nitrogens with zero attached hydrogens (tertiary/aromatic N) is 1. The highest BCUT2D eigenvalue weighted by molar-refractivity contribution is 5.98. The number of carbonyl (C=O) groups excluding carboxylic acids is 2. The minimum Gasteiger partial charge on any atom is -0.336 e. The van der Waals surface area contributed by atoms with Gasteiger partial charge >= 0.3 is 0 Å². The molecule has 2 rings (SSSR count). The van der Waals surface area contributed by atoms with Crippen molar-refractivity contribution in [3.63, 3.8) is 0 Å². The summed E-state index contributed by atoms with van der Waals surface area (Å²) in [6.45, 7) is 6.15. The highest BCUT2D eigenvalue weighted by Gasteiger charge is 2.36. The number of anilines is 1. The summed E-state index contributed by atoms with van der Waals surface area (Å²) in [5, 5.41) is 2.91. The van der Waals surface area contributed by atoms with Crippen molar-refractivity contribution >= 4 is 17.5 Å². The zero-order valence-electron chi connectivity index (χ0n) is 14.3. The van der Waals surface area contributed by atoms with Gasteiger partial charge in [0.1, 0.15) is 0 Å². The molecule has 0 aromatic heterocycles. The maximum atomic E-state index is 12.3. The van der Waals surface area contributed by atoms with E-state index in [1.807, 2.05) is 38.1 Å². The Labute approximate surface area is 138 Å². The molecule has 0 unspecified atom stereocenters. The van der Waals surface area contributed by atoms with Crippen molar-refractivity contribution in [2.45, 2.75) is 64.6 Å². The van der Waals surface area contributed by atoms with Crippen LogP contribution in [-0.2, 0) is 16.1 Å². The first kappa shape index (κ1) is 17.5. The van der Waals surface area contributed by atoms with Gasteiger partial charge in [0, 0.05) is 25.2 Å². The van der Waals surface area contributed by atoms with Crippen LogP contribution >= 0.6 is 0 Å². The smallest absolute Gasteiger partial charge is 0.244 e. The molecule has 0 radical (unpaired) electrons. The van der Waals surface area contributed by atoms with Crippen LogP contribution in [-0.4, -0.2) is 28.3 Å². The van der Waals surface area contributed by atoms with E-state index in [1.54, 1.807) is 11.8 Å². The van der Waals surface area contributed by atoms with Crippen LogP contribution in [0, 0.1) is 0 Å². The highest BCUT2D eigenvalue weighted by Crippen LogP contribution is 2.28. The van der Waals surface area contributed by atoms with E-state index in [9.17, 15) is 9.59 Å². The third-order valence-electron chi connectivity index (χ3n) is 4.54. The Hall–Kier alpha value is -1.88. The number of amides is 2. The second-order valence-electron chi connectivity index (χ2n) is 6.75. The van der Waals surface area contributed by atoms with Gasteiger partial charge in [-0.25, -0.2) is 0 Å². The predicted octanol–water partition coefficient (Wildman–Crippen LogP) is 2.65. The minimum absolute atomic E-state index is 0.0590. The number of hydrogen-bond acceptors (Lipinski definition) is 3. The lowest BCUT2D eigenvalue weighted by Crippen LogP contribution is -2.48. The lowest BCUT2D eigenvalue weighted by molar-refractivity contribution is -0.131. The van der Waals surface area contributed by atoms with Crippen molar-refractivity contribution in [2.75, 3.05) is 5.32 Å². The molecule has 23 heavy (non-hydrogen) atoms. The average molecular weight is 317 g/mol. The van der Waals surface area contributed by atoms with Crippen molar-refractivity contribution in [2.24, 2.45) is 5.73 Å². The summed E-state index contributed by atoms with van der Waals surface area (Å²) < 4.78 is 0. The van der Waals surface area contributed by atoms with E-state index < -0.39 is 5.54 Å². The topological polar surface area (TPSA) is 75.4 Å². The van der Waals surface area contributed by atoms with Gasteiger partial charge in [0.25, 0.3) is 0 Å². The Morgan fingerprint density at radius 3 is 2.26 bits per heavy atom. The van der Waals surface area contributed by atoms with E-state index in [-0.39, 0.29) is 17.9 Å². The number of nitrogens with two attached hydrogens (primary N) is 1. The Balaban J connectivity index is 1.99. The normalized spacial score (nSPS) is 16.4. The lowest BCUT2D eigenvalue weighted by atomic mass is 9.98. The van der Waals surface area contributed by atoms with E-state index in [0.717, 1.165) is 36.9 Å². The highest BCUT2D eigenvalue weighted by atomic mass is 16.2. The quantitative estimate of drug-likeness (QED) is 0.876. The van der Waals surface area contributed by atoms with Gasteiger partial charge in [0.05, 0.1) is 5.54 Å². The van der Waals surface area contributed by atoms with Crippen LogP contribution in [0.1, 0.15) is 52.0 Å². The van der Waals surface area contributed by atoms with Crippen LogP contribution < -0.4 is 11.1 Å². The largest absolute Gasteiger partial charge is 0.336 e. The molecule has 1 fully saturated rings. The maximum Gasteiger partial charge on any atom is 0.244 e. The first-order valence-corrected chi connectivity index (χ1v) is 8.28. The first-order chi connectivity index (χ1) is 10.8. The number of carbonyl (C=O) groups is 2. The Kier molecular flexibility index (Phi) is 5.42. The van der Waals surface area contributed by atoms with Crippen LogP contribution in [0.3, 0.4) is 0 Å². The summed E-state index contributed by atoms with van der Waals surface area (Å²) in [5.74, 6) is -0.0426. The van der Waals surface area contributed by atoms with Crippen LogP contribution in [0.25, 0.3) is 0 Å². The van der Waals surface area contributed by atoms with Gasteiger partial charge in [0.2, 0.25) is 11.8 Å². The molecular weight excluding hydrogens is 290 g/mol. The fourth-order valence-electron chi connectivity index (χ4n) is 3.04. The van der Waals surface area contributed by atoms with Crippen LogP contribution in [0.2, 0.25) is 0 Å². The average Bonchev–Trinajstić information content (AvgIpc) is 2.94. The van der Waals surface area contributed by atoms with E-state index in [4.69, 9.17) is 5.73 Å². The molecule has 2 amide bonds. The van der Waals surface area contributed by atoms with Gasteiger partial charge in [-0.3, -0.25) is 9.59 Å². The molecule has 0 atom stereocenters. The third-order valence-corrected chi connectivity index (χ3v) is 4.54. The summed E-state index contributed by atoms with van der Waals surface area (Å²) in [4.78, 5) is 25.7. The number of hydrogen-bond donors (Lipinski definition) is 2. The molecule has 1 aliphatic carbocycles. The zero-order chi connectivity index (χ0) is 17.0. The zero-order valence-corrected chi connectivity index (χ0v) is 14.3. The number of rotatable bonds is 5. The minimum atomic E-state index is -0.720. The van der Waals surface area contributed by atoms with Crippen molar-refractivity contribution in [3.8, 4) is 0 Å². The molecule has 1 aromatic rings. The van der Waals surface area contributed by atoms with Crippen LogP contribution in [0.4, 0.5) is 5.69 Å². The molecule has 0 saturated heterocycles. The Morgan fingerprint density at radius 2 is 1.78 bits per heavy atom. The molecule has 5 heteroatoms. The molecule has 0 spiro atoms. The number of benzene rings is 1. The molecule has 5 nitrogen and oxygen atoms in total. The van der Waals surface area contributed by atoms with Gasteiger partial charge in [-0.15, -0.1) is 0 Å². The van der Waals surface area contributed by atoms with Crippen LogP contribution in [0.15, 0.2) is 24.3 Å². The summed E-state index contributed by atoms with van der Waals surface area (Å²) in [5.41, 5.74) is 7.22. The molecule has 0 heterocycles. The van der Waals surface area contributed by atoms with Gasteiger partial charge < -0.3 is 16.0 Å². The van der Waals surface area contributed by atoms with Gasteiger partial charge in [-0.05, 0) is 44.4 Å². The maximum absolute atomic E-state index is 12.3. The Bertz CT molecular complexity index is 560. The standard InChI is InChI=1S/C18H27N3O2/c1-13(2)21(14(3)22)12-15-6-8-16(9-7-15)20-17(23)18(19)10-4-5-11-18/h6-9,13H,4-5,10-12,19H2,1-3H3,(H,20,23). The SMILES string of the molecule is CC(=O)N(Cc1ccc(NC(=O)C2(N)CCCC2)cc1)C(C)C. The van der Waals surface area contributed by atoms with Crippen molar-refractivity contribution in [1.29, 1.82) is 0 Å². The van der Waals surface area contributed by atoms with Crippen LogP contribution in [0.5, 0.6) is 0 Å². The molecule has 1 aliphatic rings. The Morgan fingerprint density at radius 1 is 1.22 bits per heavy atom. The van der Waals surface area contributed by atoms with Crippen molar-refractivity contribution in [1.82, 2.24) is 4.90 Å². The summed E-state index contributed by atoms with van der Waals surface area (Å²) >= 11 is 0. The summed E-state index contributed by atoms with van der Waals surface area (Å²) in [6, 6.07) is 7.76. The first-order valence-electron chi connectivity index (χ1n) is 8.28. The van der Waals surface area contributed by atoms with Crippen molar-refractivity contribution < 1.29 is 9.59 Å². The molecule has 3 N–H and O–H groups in total. The second-order valence-corrected chi connectivity index (χ2v) is 6.75. The van der Waals surface area contributed by atoms with Crippen molar-refractivity contribution in [3.05, 3.63) is 29.8 Å². The van der Waals surface area contributed by atoms with E-state index in [2.05, 4.69) is 5.32 Å². The summed E-state index contributed by atoms with van der Waals surface area (Å²) in [7, 11) is 0. The summed E-state index contributed by atoms with van der Waals surface area (Å²) in [6.07, 6.45) is 3.52. The third kappa shape index (κ3) is 4.32. The molecule has 0 aliphatic heterocycles. The van der Waals surface area contributed by atoms with E-state index in [1.165, 1.54) is 0 Å². The fraction of sp³-hybridized carbons (Fsp3) is 0.556. The molecule has 1 aromatic carbocycles. The van der Waals surface area contributed by atoms with Gasteiger partial charge in [0.15, 0.2) is 0 Å². The predicted molar refractivity (Wildman–Crippen MR) is 91.8 cm³/mol. The van der Waals surface area contributed by atoms with E-state index in [0.29, 0.717) is 6.54 Å². The van der Waals surface area contributed by atoms with Gasteiger partial charge in [-0.2, -0.15) is 0 Å². The second kappa shape index (κ2) is 7.13. The lowest BCUT2D eigenvalue weighted by Gasteiger charge is -2.25. The monoisotopic (exact) mass is 317 g/mol. The molecule has 0 bridgehead atoms. The molecular formula is C18H27N3O2. The number of nitrogens with one attached hydrogen (secondary N) is 1. The molecule has 1 saturated carbocycles.